The van der Waals surface area contributed by atoms with Gasteiger partial charge in [-0.05, 0) is 55.6 Å². The number of nitrogens with one attached hydrogen (secondary N) is 1. The fourth-order valence-corrected chi connectivity index (χ4v) is 4.70. The maximum absolute atomic E-state index is 6.08. The van der Waals surface area contributed by atoms with Gasteiger partial charge in [0.15, 0.2) is 4.77 Å². The molecule has 0 radical (unpaired) electrons. The summed E-state index contributed by atoms with van der Waals surface area (Å²) in [6, 6.07) is 8.29. The van der Waals surface area contributed by atoms with Crippen molar-refractivity contribution >= 4 is 23.8 Å². The number of halogens is 1. The molecule has 1 N–H and O–H groups in total. The zero-order valence-electron chi connectivity index (χ0n) is 14.5. The smallest absolute Gasteiger partial charge is 0.199 e. The number of hydrogen-bond donors (Lipinski definition) is 1. The summed E-state index contributed by atoms with van der Waals surface area (Å²) in [5.41, 5.74) is 1.34. The van der Waals surface area contributed by atoms with Crippen LogP contribution in [0.1, 0.15) is 56.3 Å². The van der Waals surface area contributed by atoms with E-state index in [-0.39, 0.29) is 5.54 Å². The van der Waals surface area contributed by atoms with E-state index in [1.807, 2.05) is 16.8 Å². The van der Waals surface area contributed by atoms with Gasteiger partial charge in [0.25, 0.3) is 0 Å². The molecule has 0 amide bonds. The van der Waals surface area contributed by atoms with Crippen molar-refractivity contribution in [2.75, 3.05) is 0 Å². The Morgan fingerprint density at radius 3 is 2.60 bits per heavy atom. The highest BCUT2D eigenvalue weighted by atomic mass is 35.5. The summed E-state index contributed by atoms with van der Waals surface area (Å²) in [6.07, 6.45) is 9.53. The van der Waals surface area contributed by atoms with Crippen molar-refractivity contribution in [1.29, 1.82) is 0 Å². The molecule has 25 heavy (non-hydrogen) atoms. The second-order valence-electron chi connectivity index (χ2n) is 7.29. The van der Waals surface area contributed by atoms with Crippen molar-refractivity contribution in [3.63, 3.8) is 0 Å². The fraction of sp³-hybridized carbons (Fsp3) is 0.579. The molecule has 6 heteroatoms. The molecule has 0 bridgehead atoms. The van der Waals surface area contributed by atoms with E-state index in [2.05, 4.69) is 22.0 Å². The highest BCUT2D eigenvalue weighted by Gasteiger charge is 2.35. The van der Waals surface area contributed by atoms with Crippen LogP contribution in [0.15, 0.2) is 24.3 Å². The molecule has 1 aliphatic carbocycles. The molecule has 1 fully saturated rings. The van der Waals surface area contributed by atoms with E-state index in [0.29, 0.717) is 6.67 Å². The second-order valence-corrected chi connectivity index (χ2v) is 8.09. The van der Waals surface area contributed by atoms with Crippen molar-refractivity contribution in [2.45, 2.75) is 70.1 Å². The van der Waals surface area contributed by atoms with Crippen molar-refractivity contribution in [2.24, 2.45) is 0 Å². The number of benzene rings is 1. The first-order valence-electron chi connectivity index (χ1n) is 9.36. The highest BCUT2D eigenvalue weighted by Crippen LogP contribution is 2.39. The predicted molar refractivity (Wildman–Crippen MR) is 103 cm³/mol. The number of aryl methyl sites for hydroxylation is 1. The first kappa shape index (κ1) is 17.3. The van der Waals surface area contributed by atoms with E-state index in [1.54, 1.807) is 0 Å². The minimum absolute atomic E-state index is 0.0143. The lowest BCUT2D eigenvalue weighted by Crippen LogP contribution is -2.41. The van der Waals surface area contributed by atoms with E-state index < -0.39 is 0 Å². The third-order valence-corrected chi connectivity index (χ3v) is 6.39. The number of rotatable bonds is 4. The molecular weight excluding hydrogens is 352 g/mol. The van der Waals surface area contributed by atoms with Gasteiger partial charge in [-0.25, -0.2) is 4.68 Å². The Hall–Kier alpha value is -1.17. The Kier molecular flexibility index (Phi) is 4.98. The quantitative estimate of drug-likeness (QED) is 0.777. The normalized spacial score (nSPS) is 19.6. The molecule has 0 spiro atoms. The molecule has 1 aromatic carbocycles. The van der Waals surface area contributed by atoms with Crippen LogP contribution in [-0.2, 0) is 25.2 Å². The zero-order valence-corrected chi connectivity index (χ0v) is 16.1. The summed E-state index contributed by atoms with van der Waals surface area (Å²) in [5, 5.41) is 9.38. The van der Waals surface area contributed by atoms with Gasteiger partial charge in [0, 0.05) is 23.5 Å². The molecular formula is C19H25ClN4S. The summed E-state index contributed by atoms with van der Waals surface area (Å²) >= 11 is 11.8. The van der Waals surface area contributed by atoms with Crippen LogP contribution in [0.25, 0.3) is 0 Å². The summed E-state index contributed by atoms with van der Waals surface area (Å²) in [7, 11) is 0. The maximum atomic E-state index is 6.08. The largest absolute Gasteiger partial charge is 0.304 e. The van der Waals surface area contributed by atoms with Gasteiger partial charge in [-0.3, -0.25) is 5.32 Å². The molecule has 1 saturated carbocycles. The Labute approximate surface area is 159 Å². The van der Waals surface area contributed by atoms with Crippen LogP contribution in [0, 0.1) is 4.77 Å². The van der Waals surface area contributed by atoms with Gasteiger partial charge in [-0.15, -0.1) is 0 Å². The van der Waals surface area contributed by atoms with Crippen molar-refractivity contribution in [1.82, 2.24) is 19.7 Å². The Balaban J connectivity index is 1.56. The molecule has 2 aromatic rings. The monoisotopic (exact) mass is 376 g/mol. The summed E-state index contributed by atoms with van der Waals surface area (Å²) in [6.45, 7) is 1.68. The van der Waals surface area contributed by atoms with Crippen LogP contribution in [0.2, 0.25) is 5.02 Å². The van der Waals surface area contributed by atoms with Gasteiger partial charge in [0.2, 0.25) is 0 Å². The van der Waals surface area contributed by atoms with E-state index in [1.165, 1.54) is 37.7 Å². The predicted octanol–water partition coefficient (Wildman–Crippen LogP) is 4.81. The fourth-order valence-electron chi connectivity index (χ4n) is 4.27. The van der Waals surface area contributed by atoms with E-state index >= 15 is 0 Å². The third kappa shape index (κ3) is 3.42. The summed E-state index contributed by atoms with van der Waals surface area (Å²) in [5.74, 6) is 1.15. The molecule has 1 aliphatic heterocycles. The van der Waals surface area contributed by atoms with Crippen molar-refractivity contribution in [3.8, 4) is 0 Å². The van der Waals surface area contributed by atoms with Gasteiger partial charge in [0.05, 0.1) is 6.67 Å². The Bertz CT molecular complexity index is 787. The zero-order chi connectivity index (χ0) is 17.3. The number of hydrogen-bond acceptors (Lipinski definition) is 3. The van der Waals surface area contributed by atoms with Crippen LogP contribution >= 0.6 is 23.8 Å². The summed E-state index contributed by atoms with van der Waals surface area (Å²) < 4.78 is 5.06. The Morgan fingerprint density at radius 2 is 1.84 bits per heavy atom. The number of fused-ring (bicyclic) bond motifs is 1. The molecule has 4 nitrogen and oxygen atoms in total. The lowest BCUT2D eigenvalue weighted by molar-refractivity contribution is 0.296. The van der Waals surface area contributed by atoms with E-state index in [0.717, 1.165) is 41.4 Å². The van der Waals surface area contributed by atoms with Gasteiger partial charge in [-0.1, -0.05) is 43.0 Å². The standard InChI is InChI=1S/C19H25ClN4S/c20-16-9-7-15(8-10-16)19(11-3-4-12-19)21-14-24-18(25)23-13-5-1-2-6-17(23)22-24/h7-10,21H,1-6,11-14H2. The molecule has 2 heterocycles. The van der Waals surface area contributed by atoms with Crippen LogP contribution in [-0.4, -0.2) is 14.3 Å². The highest BCUT2D eigenvalue weighted by molar-refractivity contribution is 7.71. The van der Waals surface area contributed by atoms with Gasteiger partial charge in [0.1, 0.15) is 5.82 Å². The van der Waals surface area contributed by atoms with Crippen LogP contribution in [0.3, 0.4) is 0 Å². The van der Waals surface area contributed by atoms with Crippen molar-refractivity contribution in [3.05, 3.63) is 45.4 Å². The molecule has 0 unspecified atom stereocenters. The number of nitrogens with zero attached hydrogens (tertiary/aromatic N) is 3. The number of aromatic nitrogens is 3. The molecule has 1 aromatic heterocycles. The average Bonchev–Trinajstić information content (AvgIpc) is 3.12. The second kappa shape index (κ2) is 7.22. The van der Waals surface area contributed by atoms with E-state index in [4.69, 9.17) is 28.9 Å². The molecule has 4 rings (SSSR count). The van der Waals surface area contributed by atoms with Gasteiger partial charge >= 0.3 is 0 Å². The topological polar surface area (TPSA) is 34.8 Å². The first-order valence-corrected chi connectivity index (χ1v) is 10.1. The van der Waals surface area contributed by atoms with Crippen LogP contribution < -0.4 is 5.32 Å². The van der Waals surface area contributed by atoms with Crippen LogP contribution in [0.5, 0.6) is 0 Å². The molecule has 2 aliphatic rings. The average molecular weight is 377 g/mol. The lowest BCUT2D eigenvalue weighted by Gasteiger charge is -2.31. The maximum Gasteiger partial charge on any atom is 0.199 e. The lowest BCUT2D eigenvalue weighted by atomic mass is 9.88. The SMILES string of the molecule is S=c1n(CNC2(c3ccc(Cl)cc3)CCCC2)nc2n1CCCCC2. The molecule has 0 saturated heterocycles. The van der Waals surface area contributed by atoms with Gasteiger partial charge < -0.3 is 4.57 Å². The van der Waals surface area contributed by atoms with Crippen molar-refractivity contribution < 1.29 is 0 Å². The summed E-state index contributed by atoms with van der Waals surface area (Å²) in [4.78, 5) is 0. The Morgan fingerprint density at radius 1 is 1.08 bits per heavy atom. The first-order chi connectivity index (χ1) is 12.2. The third-order valence-electron chi connectivity index (χ3n) is 5.70. The van der Waals surface area contributed by atoms with Gasteiger partial charge in [-0.2, -0.15) is 5.10 Å². The minimum atomic E-state index is 0.0143. The molecule has 134 valence electrons. The van der Waals surface area contributed by atoms with E-state index in [9.17, 15) is 0 Å². The minimum Gasteiger partial charge on any atom is -0.304 e. The molecule has 0 atom stereocenters. The van der Waals surface area contributed by atoms with Crippen LogP contribution in [0.4, 0.5) is 0 Å².